The Bertz CT molecular complexity index is 827. The molecule has 128 valence electrons. The molecule has 1 saturated heterocycles. The van der Waals surface area contributed by atoms with Gasteiger partial charge in [0.1, 0.15) is 6.10 Å². The molecule has 1 amide bonds. The molecule has 7 nitrogen and oxygen atoms in total. The van der Waals surface area contributed by atoms with Gasteiger partial charge in [-0.2, -0.15) is 8.42 Å². The van der Waals surface area contributed by atoms with Crippen molar-refractivity contribution in [1.82, 2.24) is 4.90 Å². The topological polar surface area (TPSA) is 101 Å². The second kappa shape index (κ2) is 5.71. The maximum Gasteiger partial charge on any atom is 0.331 e. The summed E-state index contributed by atoms with van der Waals surface area (Å²) in [4.78, 5) is 24.3. The van der Waals surface area contributed by atoms with Crippen molar-refractivity contribution in [3.05, 3.63) is 41.5 Å². The maximum absolute atomic E-state index is 12.4. The minimum absolute atomic E-state index is 0.00565. The summed E-state index contributed by atoms with van der Waals surface area (Å²) < 4.78 is 30.2. The van der Waals surface area contributed by atoms with E-state index in [1.54, 1.807) is 12.1 Å². The zero-order valence-corrected chi connectivity index (χ0v) is 14.0. The van der Waals surface area contributed by atoms with Crippen molar-refractivity contribution < 1.29 is 27.3 Å². The SMILES string of the molecule is CC(=O)N1[C@H]2[C@H](OS(=O)(=O)c3ccc(C)cc3)CC(C(=O)O)=C[C@@H]21. The van der Waals surface area contributed by atoms with Crippen molar-refractivity contribution in [1.29, 1.82) is 0 Å². The number of aliphatic carboxylic acids is 1. The Morgan fingerprint density at radius 3 is 2.42 bits per heavy atom. The third-order valence-corrected chi connectivity index (χ3v) is 5.62. The fourth-order valence-corrected chi connectivity index (χ4v) is 4.14. The summed E-state index contributed by atoms with van der Waals surface area (Å²) in [5.41, 5.74) is 0.969. The summed E-state index contributed by atoms with van der Waals surface area (Å²) in [6, 6.07) is 5.33. The van der Waals surface area contributed by atoms with Gasteiger partial charge in [0.25, 0.3) is 10.1 Å². The number of amides is 1. The minimum atomic E-state index is -4.04. The van der Waals surface area contributed by atoms with E-state index in [4.69, 9.17) is 4.18 Å². The first-order valence-electron chi connectivity index (χ1n) is 7.43. The van der Waals surface area contributed by atoms with Crippen molar-refractivity contribution in [2.75, 3.05) is 0 Å². The van der Waals surface area contributed by atoms with Gasteiger partial charge in [0.15, 0.2) is 0 Å². The summed E-state index contributed by atoms with van der Waals surface area (Å²) in [7, 11) is -4.04. The molecule has 0 radical (unpaired) electrons. The summed E-state index contributed by atoms with van der Waals surface area (Å²) in [6.45, 7) is 3.19. The van der Waals surface area contributed by atoms with Crippen LogP contribution in [0.1, 0.15) is 18.9 Å². The van der Waals surface area contributed by atoms with Gasteiger partial charge in [-0.25, -0.2) is 4.79 Å². The quantitative estimate of drug-likeness (QED) is 0.643. The highest BCUT2D eigenvalue weighted by molar-refractivity contribution is 7.86. The smallest absolute Gasteiger partial charge is 0.331 e. The highest BCUT2D eigenvalue weighted by Gasteiger charge is 2.57. The number of nitrogens with zero attached hydrogens (tertiary/aromatic N) is 1. The van der Waals surface area contributed by atoms with Crippen LogP contribution >= 0.6 is 0 Å². The number of carbonyl (C=O) groups excluding carboxylic acids is 1. The highest BCUT2D eigenvalue weighted by atomic mass is 32.2. The van der Waals surface area contributed by atoms with Crippen LogP contribution in [-0.4, -0.2) is 48.5 Å². The van der Waals surface area contributed by atoms with E-state index in [-0.39, 0.29) is 22.8 Å². The second-order valence-corrected chi connectivity index (χ2v) is 7.58. The van der Waals surface area contributed by atoms with Crippen LogP contribution in [-0.2, 0) is 23.9 Å². The second-order valence-electron chi connectivity index (χ2n) is 6.01. The molecule has 0 saturated carbocycles. The molecule has 0 spiro atoms. The van der Waals surface area contributed by atoms with Crippen molar-refractivity contribution in [2.45, 2.75) is 43.4 Å². The Labute approximate surface area is 139 Å². The molecule has 2 aliphatic rings. The molecule has 1 N–H and O–H groups in total. The van der Waals surface area contributed by atoms with Gasteiger partial charge in [-0.1, -0.05) is 17.7 Å². The lowest BCUT2D eigenvalue weighted by molar-refractivity contribution is -0.133. The lowest BCUT2D eigenvalue weighted by atomic mass is 9.97. The molecule has 0 aromatic heterocycles. The lowest BCUT2D eigenvalue weighted by Crippen LogP contribution is -2.31. The molecule has 8 heteroatoms. The fourth-order valence-electron chi connectivity index (χ4n) is 3.05. The van der Waals surface area contributed by atoms with Crippen LogP contribution in [0.5, 0.6) is 0 Å². The number of carboxylic acid groups (broad SMARTS) is 1. The zero-order valence-electron chi connectivity index (χ0n) is 13.2. The highest BCUT2D eigenvalue weighted by Crippen LogP contribution is 2.41. The average molecular weight is 351 g/mol. The molecule has 24 heavy (non-hydrogen) atoms. The standard InChI is InChI=1S/C16H17NO6S/c1-9-3-5-12(6-4-9)24(21,22)23-14-8-11(16(19)20)7-13-15(14)17(13)10(2)18/h3-7,13-15H,8H2,1-2H3,(H,19,20)/t13-,14+,15+,17?/m0/s1. The van der Waals surface area contributed by atoms with Crippen molar-refractivity contribution in [2.24, 2.45) is 0 Å². The number of rotatable bonds is 4. The van der Waals surface area contributed by atoms with Gasteiger partial charge in [-0.15, -0.1) is 0 Å². The van der Waals surface area contributed by atoms with Gasteiger partial charge in [0, 0.05) is 18.9 Å². The van der Waals surface area contributed by atoms with E-state index in [9.17, 15) is 23.1 Å². The Morgan fingerprint density at radius 2 is 1.88 bits per heavy atom. The molecule has 1 heterocycles. The average Bonchev–Trinajstić information content (AvgIpc) is 3.22. The van der Waals surface area contributed by atoms with Crippen LogP contribution in [0.25, 0.3) is 0 Å². The van der Waals surface area contributed by atoms with Gasteiger partial charge < -0.3 is 10.0 Å². The Balaban J connectivity index is 1.86. The van der Waals surface area contributed by atoms with Gasteiger partial charge in [-0.3, -0.25) is 8.98 Å². The molecule has 1 aromatic carbocycles. The molecule has 0 unspecified atom stereocenters. The lowest BCUT2D eigenvalue weighted by Gasteiger charge is -2.19. The zero-order chi connectivity index (χ0) is 17.6. The Kier molecular flexibility index (Phi) is 3.97. The first-order valence-corrected chi connectivity index (χ1v) is 8.84. The molecule has 3 rings (SSSR count). The molecule has 1 fully saturated rings. The number of hydrogen-bond acceptors (Lipinski definition) is 5. The first-order chi connectivity index (χ1) is 11.2. The monoisotopic (exact) mass is 351 g/mol. The number of hydrogen-bond donors (Lipinski definition) is 1. The molecule has 1 aliphatic carbocycles. The van der Waals surface area contributed by atoms with E-state index in [0.717, 1.165) is 5.56 Å². The van der Waals surface area contributed by atoms with Crippen LogP contribution in [0.15, 0.2) is 40.8 Å². The number of carbonyl (C=O) groups is 2. The Morgan fingerprint density at radius 1 is 1.25 bits per heavy atom. The third-order valence-electron chi connectivity index (χ3n) is 4.27. The number of carboxylic acids is 1. The van der Waals surface area contributed by atoms with Gasteiger partial charge in [0.2, 0.25) is 5.91 Å². The van der Waals surface area contributed by atoms with Gasteiger partial charge >= 0.3 is 5.97 Å². The van der Waals surface area contributed by atoms with Crippen molar-refractivity contribution in [3.8, 4) is 0 Å². The number of fused-ring (bicyclic) bond motifs is 1. The first kappa shape index (κ1) is 16.7. The van der Waals surface area contributed by atoms with E-state index >= 15 is 0 Å². The van der Waals surface area contributed by atoms with E-state index < -0.39 is 34.3 Å². The maximum atomic E-state index is 12.4. The molecular weight excluding hydrogens is 334 g/mol. The minimum Gasteiger partial charge on any atom is -0.478 e. The molecular formula is C16H17NO6S. The number of benzene rings is 1. The van der Waals surface area contributed by atoms with Crippen LogP contribution in [0.2, 0.25) is 0 Å². The van der Waals surface area contributed by atoms with Crippen LogP contribution in [0.3, 0.4) is 0 Å². The molecule has 1 aromatic rings. The van der Waals surface area contributed by atoms with Crippen molar-refractivity contribution >= 4 is 22.0 Å². The van der Waals surface area contributed by atoms with E-state index in [2.05, 4.69) is 0 Å². The molecule has 1 aliphatic heterocycles. The van der Waals surface area contributed by atoms with Gasteiger partial charge in [0.05, 0.1) is 17.0 Å². The summed E-state index contributed by atoms with van der Waals surface area (Å²) in [6.07, 6.45) is 0.527. The molecule has 3 atom stereocenters. The summed E-state index contributed by atoms with van der Waals surface area (Å²) in [5.74, 6) is -1.38. The van der Waals surface area contributed by atoms with Crippen LogP contribution < -0.4 is 0 Å². The van der Waals surface area contributed by atoms with Crippen molar-refractivity contribution in [3.63, 3.8) is 0 Å². The van der Waals surface area contributed by atoms with E-state index in [1.165, 1.54) is 30.0 Å². The van der Waals surface area contributed by atoms with Crippen LogP contribution in [0, 0.1) is 6.92 Å². The van der Waals surface area contributed by atoms with Gasteiger partial charge in [-0.05, 0) is 25.1 Å². The molecule has 0 bridgehead atoms. The normalized spacial score (nSPS) is 25.7. The number of aryl methyl sites for hydroxylation is 1. The predicted octanol–water partition coefficient (Wildman–Crippen LogP) is 1.08. The van der Waals surface area contributed by atoms with E-state index in [1.807, 2.05) is 6.92 Å². The summed E-state index contributed by atoms with van der Waals surface area (Å²) in [5, 5.41) is 9.19. The predicted molar refractivity (Wildman–Crippen MR) is 83.7 cm³/mol. The Hall–Kier alpha value is -2.19. The van der Waals surface area contributed by atoms with Crippen LogP contribution in [0.4, 0.5) is 0 Å². The summed E-state index contributed by atoms with van der Waals surface area (Å²) >= 11 is 0. The largest absolute Gasteiger partial charge is 0.478 e. The fraction of sp³-hybridized carbons (Fsp3) is 0.375. The third kappa shape index (κ3) is 2.94. The van der Waals surface area contributed by atoms with E-state index in [0.29, 0.717) is 0 Å².